The van der Waals surface area contributed by atoms with Crippen LogP contribution in [0.1, 0.15) is 10.9 Å². The van der Waals surface area contributed by atoms with Gasteiger partial charge < -0.3 is 20.5 Å². The molecule has 6 nitrogen and oxygen atoms in total. The number of hydrogen-bond acceptors (Lipinski definition) is 7. The molecule has 1 aromatic rings. The van der Waals surface area contributed by atoms with Gasteiger partial charge in [-0.15, -0.1) is 11.8 Å². The number of nitrogens with one attached hydrogen (secondary N) is 2. The molecule has 0 fully saturated rings. The fraction of sp³-hybridized carbons (Fsp3) is 0.385. The van der Waals surface area contributed by atoms with E-state index < -0.39 is 0 Å². The number of ether oxygens (including phenoxy) is 1. The molecule has 2 heterocycles. The number of aliphatic hydroxyl groups excluding tert-OH is 1. The number of hydrogen-bond donors (Lipinski definition) is 3. The molecule has 0 saturated carbocycles. The third-order valence-electron chi connectivity index (χ3n) is 2.63. The average molecular weight is 295 g/mol. The number of aldehydes is 1. The highest BCUT2D eigenvalue weighted by atomic mass is 32.2. The van der Waals surface area contributed by atoms with E-state index in [1.165, 1.54) is 0 Å². The topological polar surface area (TPSA) is 83.5 Å². The molecule has 0 spiro atoms. The van der Waals surface area contributed by atoms with Crippen LogP contribution in [0.5, 0.6) is 0 Å². The van der Waals surface area contributed by atoms with E-state index in [0.717, 1.165) is 17.7 Å². The summed E-state index contributed by atoms with van der Waals surface area (Å²) in [5.74, 6) is 0.761. The Hall–Kier alpha value is -1.57. The number of rotatable bonds is 8. The van der Waals surface area contributed by atoms with Gasteiger partial charge in [0.05, 0.1) is 25.5 Å². The van der Waals surface area contributed by atoms with E-state index in [-0.39, 0.29) is 12.0 Å². The first kappa shape index (κ1) is 14.8. The molecule has 3 N–H and O–H groups in total. The molecule has 0 aromatic carbocycles. The molecule has 1 atom stereocenters. The van der Waals surface area contributed by atoms with Crippen molar-refractivity contribution >= 4 is 23.9 Å². The highest BCUT2D eigenvalue weighted by Crippen LogP contribution is 2.33. The van der Waals surface area contributed by atoms with E-state index in [1.54, 1.807) is 18.0 Å². The highest BCUT2D eigenvalue weighted by molar-refractivity contribution is 8.02. The van der Waals surface area contributed by atoms with Crippen LogP contribution in [0, 0.1) is 0 Å². The predicted molar refractivity (Wildman–Crippen MR) is 78.2 cm³/mol. The fourth-order valence-corrected chi connectivity index (χ4v) is 2.62. The molecular weight excluding hydrogens is 278 g/mol. The third-order valence-corrected chi connectivity index (χ3v) is 3.68. The maximum absolute atomic E-state index is 10.7. The second kappa shape index (κ2) is 7.88. The second-order valence-electron chi connectivity index (χ2n) is 4.09. The number of pyridine rings is 1. The molecule has 7 heteroatoms. The SMILES string of the molecule is O=CC1=CSC(c2ccnc(NCCOCCO)c2)N1. The summed E-state index contributed by atoms with van der Waals surface area (Å²) in [6, 6.07) is 3.86. The molecule has 0 amide bonds. The Balaban J connectivity index is 1.84. The van der Waals surface area contributed by atoms with Gasteiger partial charge in [-0.2, -0.15) is 0 Å². The van der Waals surface area contributed by atoms with Crippen molar-refractivity contribution in [3.05, 3.63) is 35.0 Å². The minimum absolute atomic E-state index is 0.0321. The van der Waals surface area contributed by atoms with Crippen LogP contribution in [0.2, 0.25) is 0 Å². The second-order valence-corrected chi connectivity index (χ2v) is 5.07. The van der Waals surface area contributed by atoms with Crippen LogP contribution in [0.4, 0.5) is 5.82 Å². The monoisotopic (exact) mass is 295 g/mol. The molecule has 0 bridgehead atoms. The first-order valence-electron chi connectivity index (χ1n) is 6.29. The number of carbonyl (C=O) groups is 1. The summed E-state index contributed by atoms with van der Waals surface area (Å²) < 4.78 is 5.16. The lowest BCUT2D eigenvalue weighted by Gasteiger charge is -2.13. The van der Waals surface area contributed by atoms with Gasteiger partial charge in [0.15, 0.2) is 6.29 Å². The zero-order valence-corrected chi connectivity index (χ0v) is 11.7. The van der Waals surface area contributed by atoms with Gasteiger partial charge in [-0.05, 0) is 23.1 Å². The minimum atomic E-state index is 0.0321. The summed E-state index contributed by atoms with van der Waals surface area (Å²) in [6.45, 7) is 1.52. The molecule has 0 aliphatic carbocycles. The lowest BCUT2D eigenvalue weighted by molar-refractivity contribution is -0.105. The van der Waals surface area contributed by atoms with Crippen molar-refractivity contribution in [3.63, 3.8) is 0 Å². The van der Waals surface area contributed by atoms with Gasteiger partial charge in [0.2, 0.25) is 0 Å². The van der Waals surface area contributed by atoms with Crippen LogP contribution in [-0.2, 0) is 9.53 Å². The van der Waals surface area contributed by atoms with Crippen LogP contribution in [0.15, 0.2) is 29.4 Å². The van der Waals surface area contributed by atoms with Crippen LogP contribution in [0.3, 0.4) is 0 Å². The maximum Gasteiger partial charge on any atom is 0.166 e. The number of carbonyl (C=O) groups excluding carboxylic acids is 1. The average Bonchev–Trinajstić information content (AvgIpc) is 2.96. The first-order chi connectivity index (χ1) is 9.83. The summed E-state index contributed by atoms with van der Waals surface area (Å²) in [5.41, 5.74) is 1.65. The van der Waals surface area contributed by atoms with E-state index >= 15 is 0 Å². The van der Waals surface area contributed by atoms with Crippen molar-refractivity contribution in [3.8, 4) is 0 Å². The number of aliphatic hydroxyl groups is 1. The Bertz CT molecular complexity index is 482. The van der Waals surface area contributed by atoms with Gasteiger partial charge in [-0.1, -0.05) is 0 Å². The van der Waals surface area contributed by atoms with E-state index in [1.807, 2.05) is 17.5 Å². The zero-order chi connectivity index (χ0) is 14.2. The Labute approximate surface area is 121 Å². The Kier molecular flexibility index (Phi) is 5.85. The molecule has 1 unspecified atom stereocenters. The van der Waals surface area contributed by atoms with Crippen molar-refractivity contribution in [1.29, 1.82) is 0 Å². The Morgan fingerprint density at radius 3 is 3.20 bits per heavy atom. The van der Waals surface area contributed by atoms with E-state index in [9.17, 15) is 4.79 Å². The summed E-state index contributed by atoms with van der Waals surface area (Å²) in [4.78, 5) is 14.9. The Morgan fingerprint density at radius 1 is 1.55 bits per heavy atom. The van der Waals surface area contributed by atoms with Crippen LogP contribution in [0.25, 0.3) is 0 Å². The molecule has 20 heavy (non-hydrogen) atoms. The molecule has 1 aliphatic heterocycles. The number of thioether (sulfide) groups is 1. The largest absolute Gasteiger partial charge is 0.394 e. The third kappa shape index (κ3) is 4.22. The molecule has 1 aliphatic rings. The van der Waals surface area contributed by atoms with Gasteiger partial charge in [-0.3, -0.25) is 4.79 Å². The highest BCUT2D eigenvalue weighted by Gasteiger charge is 2.18. The fourth-order valence-electron chi connectivity index (χ4n) is 1.71. The quantitative estimate of drug-likeness (QED) is 0.485. The van der Waals surface area contributed by atoms with Gasteiger partial charge >= 0.3 is 0 Å². The predicted octanol–water partition coefficient (Wildman–Crippen LogP) is 0.878. The lowest BCUT2D eigenvalue weighted by atomic mass is 10.2. The molecule has 1 aromatic heterocycles. The van der Waals surface area contributed by atoms with Crippen molar-refractivity contribution in [2.24, 2.45) is 0 Å². The number of nitrogens with zero attached hydrogens (tertiary/aromatic N) is 1. The molecule has 0 saturated heterocycles. The zero-order valence-electron chi connectivity index (χ0n) is 10.9. The van der Waals surface area contributed by atoms with Gasteiger partial charge in [0, 0.05) is 12.7 Å². The van der Waals surface area contributed by atoms with E-state index in [0.29, 0.717) is 25.5 Å². The maximum atomic E-state index is 10.7. The number of anilines is 1. The Morgan fingerprint density at radius 2 is 2.45 bits per heavy atom. The van der Waals surface area contributed by atoms with Crippen molar-refractivity contribution < 1.29 is 14.6 Å². The number of allylic oxidation sites excluding steroid dienone is 1. The van der Waals surface area contributed by atoms with Crippen LogP contribution in [-0.4, -0.2) is 42.7 Å². The van der Waals surface area contributed by atoms with Gasteiger partial charge in [0.1, 0.15) is 11.2 Å². The smallest absolute Gasteiger partial charge is 0.166 e. The van der Waals surface area contributed by atoms with Crippen molar-refractivity contribution in [1.82, 2.24) is 10.3 Å². The lowest BCUT2D eigenvalue weighted by Crippen LogP contribution is -2.15. The van der Waals surface area contributed by atoms with Crippen LogP contribution >= 0.6 is 11.8 Å². The minimum Gasteiger partial charge on any atom is -0.394 e. The normalized spacial score (nSPS) is 17.4. The molecular formula is C13H17N3O3S. The molecule has 108 valence electrons. The van der Waals surface area contributed by atoms with E-state index in [2.05, 4.69) is 15.6 Å². The van der Waals surface area contributed by atoms with Crippen molar-refractivity contribution in [2.45, 2.75) is 5.37 Å². The summed E-state index contributed by atoms with van der Waals surface area (Å²) in [6.07, 6.45) is 2.54. The van der Waals surface area contributed by atoms with E-state index in [4.69, 9.17) is 9.84 Å². The molecule has 0 radical (unpaired) electrons. The summed E-state index contributed by atoms with van der Waals surface area (Å²) in [7, 11) is 0. The summed E-state index contributed by atoms with van der Waals surface area (Å²) in [5, 5.41) is 16.7. The van der Waals surface area contributed by atoms with Gasteiger partial charge in [0.25, 0.3) is 0 Å². The first-order valence-corrected chi connectivity index (χ1v) is 7.23. The van der Waals surface area contributed by atoms with Crippen LogP contribution < -0.4 is 10.6 Å². The van der Waals surface area contributed by atoms with Crippen molar-refractivity contribution in [2.75, 3.05) is 31.7 Å². The van der Waals surface area contributed by atoms with Gasteiger partial charge in [-0.25, -0.2) is 4.98 Å². The molecule has 2 rings (SSSR count). The number of aromatic nitrogens is 1. The standard InChI is InChI=1S/C13H17N3O3S/c17-4-6-19-5-3-15-12-7-10(1-2-14-12)13-16-11(8-18)9-20-13/h1-2,7-9,13,16-17H,3-6H2,(H,14,15). The summed E-state index contributed by atoms with van der Waals surface area (Å²) >= 11 is 1.56.